The summed E-state index contributed by atoms with van der Waals surface area (Å²) in [6, 6.07) is 6.54. The quantitative estimate of drug-likeness (QED) is 0.641. The van der Waals surface area contributed by atoms with E-state index >= 15 is 0 Å². The minimum absolute atomic E-state index is 0.0160. The average molecular weight is 429 g/mol. The summed E-state index contributed by atoms with van der Waals surface area (Å²) in [5.41, 5.74) is 1.30. The van der Waals surface area contributed by atoms with Gasteiger partial charge in [-0.25, -0.2) is 13.8 Å². The summed E-state index contributed by atoms with van der Waals surface area (Å²) in [7, 11) is 0. The third-order valence-corrected chi connectivity index (χ3v) is 5.09. The molecule has 4 rings (SSSR count). The van der Waals surface area contributed by atoms with Gasteiger partial charge in [0.15, 0.2) is 0 Å². The highest BCUT2D eigenvalue weighted by atomic mass is 19.1. The number of hydrogen-bond donors (Lipinski definition) is 1. The lowest BCUT2D eigenvalue weighted by molar-refractivity contribution is 0.0696. The number of aromatic nitrogens is 2. The first-order valence-electron chi connectivity index (χ1n) is 9.89. The number of carbonyl (C=O) groups is 1. The summed E-state index contributed by atoms with van der Waals surface area (Å²) in [5, 5.41) is 6.85. The molecule has 1 amide bonds. The fourth-order valence-electron chi connectivity index (χ4n) is 3.31. The van der Waals surface area contributed by atoms with Gasteiger partial charge in [-0.2, -0.15) is 0 Å². The zero-order valence-corrected chi connectivity index (χ0v) is 16.9. The van der Waals surface area contributed by atoms with Gasteiger partial charge in [-0.3, -0.25) is 4.79 Å². The van der Waals surface area contributed by atoms with Crippen molar-refractivity contribution >= 4 is 5.91 Å². The van der Waals surface area contributed by atoms with Crippen LogP contribution in [0.1, 0.15) is 34.5 Å². The summed E-state index contributed by atoms with van der Waals surface area (Å²) in [6.07, 6.45) is 3.01. The van der Waals surface area contributed by atoms with Crippen molar-refractivity contribution in [2.45, 2.75) is 32.4 Å². The second kappa shape index (κ2) is 9.22. The van der Waals surface area contributed by atoms with Gasteiger partial charge in [0.1, 0.15) is 29.7 Å². The largest absolute Gasteiger partial charge is 0.473 e. The van der Waals surface area contributed by atoms with Crippen LogP contribution in [0.15, 0.2) is 41.1 Å². The molecule has 0 unspecified atom stereocenters. The molecule has 1 fully saturated rings. The van der Waals surface area contributed by atoms with E-state index in [0.717, 1.165) is 25.0 Å². The molecule has 0 atom stereocenters. The molecule has 7 nitrogen and oxygen atoms in total. The number of aryl methyl sites for hydroxylation is 1. The van der Waals surface area contributed by atoms with E-state index in [1.165, 1.54) is 12.3 Å². The first kappa shape index (κ1) is 20.9. The van der Waals surface area contributed by atoms with Gasteiger partial charge >= 0.3 is 0 Å². The van der Waals surface area contributed by atoms with E-state index in [-0.39, 0.29) is 35.7 Å². The Morgan fingerprint density at radius 3 is 2.74 bits per heavy atom. The molecular formula is C22H21F2N3O4. The number of benzene rings is 1. The molecule has 0 radical (unpaired) electrons. The maximum Gasteiger partial charge on any atom is 0.253 e. The monoisotopic (exact) mass is 429 g/mol. The number of halogens is 2. The molecule has 3 aromatic rings. The maximum atomic E-state index is 14.2. The van der Waals surface area contributed by atoms with Crippen molar-refractivity contribution in [3.8, 4) is 17.1 Å². The zero-order chi connectivity index (χ0) is 21.8. The molecule has 162 valence electrons. The second-order valence-electron chi connectivity index (χ2n) is 7.22. The Bertz CT molecular complexity index is 1060. The van der Waals surface area contributed by atoms with Gasteiger partial charge in [0, 0.05) is 43.1 Å². The molecule has 0 spiro atoms. The number of amides is 1. The number of ether oxygens (including phenoxy) is 2. The summed E-state index contributed by atoms with van der Waals surface area (Å²) >= 11 is 0. The number of nitrogens with one attached hydrogen (secondary N) is 1. The van der Waals surface area contributed by atoms with Crippen molar-refractivity contribution < 1.29 is 27.6 Å². The number of rotatable bonds is 6. The molecule has 0 bridgehead atoms. The molecular weight excluding hydrogens is 408 g/mol. The van der Waals surface area contributed by atoms with E-state index in [1.54, 1.807) is 19.1 Å². The van der Waals surface area contributed by atoms with E-state index in [0.29, 0.717) is 30.1 Å². The van der Waals surface area contributed by atoms with Crippen molar-refractivity contribution in [3.63, 3.8) is 0 Å². The van der Waals surface area contributed by atoms with Gasteiger partial charge in [0.05, 0.1) is 11.1 Å². The Hall–Kier alpha value is -3.33. The lowest BCUT2D eigenvalue weighted by Gasteiger charge is -2.23. The van der Waals surface area contributed by atoms with Crippen molar-refractivity contribution in [2.24, 2.45) is 0 Å². The summed E-state index contributed by atoms with van der Waals surface area (Å²) in [6.45, 7) is 2.97. The van der Waals surface area contributed by atoms with Crippen LogP contribution >= 0.6 is 0 Å². The molecule has 1 aromatic carbocycles. The number of hydrogen-bond acceptors (Lipinski definition) is 6. The highest BCUT2D eigenvalue weighted by molar-refractivity contribution is 5.94. The summed E-state index contributed by atoms with van der Waals surface area (Å²) < 4.78 is 43.5. The van der Waals surface area contributed by atoms with Gasteiger partial charge in [0.2, 0.25) is 5.88 Å². The first-order valence-corrected chi connectivity index (χ1v) is 9.89. The lowest BCUT2D eigenvalue weighted by Crippen LogP contribution is -2.38. The minimum atomic E-state index is -0.743. The first-order chi connectivity index (χ1) is 15.0. The van der Waals surface area contributed by atoms with Crippen molar-refractivity contribution in [1.82, 2.24) is 15.5 Å². The van der Waals surface area contributed by atoms with Gasteiger partial charge < -0.3 is 19.3 Å². The molecule has 0 aliphatic carbocycles. The third kappa shape index (κ3) is 4.88. The van der Waals surface area contributed by atoms with E-state index < -0.39 is 11.6 Å². The lowest BCUT2D eigenvalue weighted by atomic mass is 10.1. The van der Waals surface area contributed by atoms with Crippen LogP contribution in [0.5, 0.6) is 5.88 Å². The molecule has 0 saturated carbocycles. The second-order valence-corrected chi connectivity index (χ2v) is 7.22. The van der Waals surface area contributed by atoms with E-state index in [2.05, 4.69) is 15.5 Å². The number of carbonyl (C=O) groups excluding carboxylic acids is 1. The van der Waals surface area contributed by atoms with Crippen LogP contribution in [0.2, 0.25) is 0 Å². The van der Waals surface area contributed by atoms with Crippen LogP contribution in [0.25, 0.3) is 11.3 Å². The fourth-order valence-corrected chi connectivity index (χ4v) is 3.31. The smallest absolute Gasteiger partial charge is 0.253 e. The SMILES string of the molecule is Cc1onc(-c2ccc(F)cc2F)c1COc1ccc(C(=O)NC2CCOCC2)cn1. The normalized spacial score (nSPS) is 14.4. The molecule has 3 heterocycles. The average Bonchev–Trinajstić information content (AvgIpc) is 3.13. The molecule has 1 aliphatic rings. The highest BCUT2D eigenvalue weighted by Crippen LogP contribution is 2.29. The summed E-state index contributed by atoms with van der Waals surface area (Å²) in [4.78, 5) is 16.5. The number of pyridine rings is 1. The Morgan fingerprint density at radius 1 is 1.23 bits per heavy atom. The van der Waals surface area contributed by atoms with Crippen LogP contribution in [0.4, 0.5) is 8.78 Å². The topological polar surface area (TPSA) is 86.5 Å². The maximum absolute atomic E-state index is 14.2. The third-order valence-electron chi connectivity index (χ3n) is 5.09. The van der Waals surface area contributed by atoms with E-state index in [1.807, 2.05) is 0 Å². The molecule has 1 aliphatic heterocycles. The van der Waals surface area contributed by atoms with E-state index in [9.17, 15) is 13.6 Å². The highest BCUT2D eigenvalue weighted by Gasteiger charge is 2.20. The Morgan fingerprint density at radius 2 is 2.03 bits per heavy atom. The predicted molar refractivity (Wildman–Crippen MR) is 106 cm³/mol. The Kier molecular flexibility index (Phi) is 6.22. The van der Waals surface area contributed by atoms with Crippen LogP contribution < -0.4 is 10.1 Å². The number of nitrogens with zero attached hydrogens (tertiary/aromatic N) is 2. The van der Waals surface area contributed by atoms with Crippen LogP contribution in [0, 0.1) is 18.6 Å². The fraction of sp³-hybridized carbons (Fsp3) is 0.318. The molecule has 2 aromatic heterocycles. The van der Waals surface area contributed by atoms with Crippen LogP contribution in [-0.2, 0) is 11.3 Å². The van der Waals surface area contributed by atoms with Gasteiger partial charge in [-0.1, -0.05) is 5.16 Å². The van der Waals surface area contributed by atoms with Gasteiger partial charge in [-0.15, -0.1) is 0 Å². The van der Waals surface area contributed by atoms with Crippen molar-refractivity contribution in [2.75, 3.05) is 13.2 Å². The van der Waals surface area contributed by atoms with Crippen molar-refractivity contribution in [3.05, 3.63) is 65.1 Å². The minimum Gasteiger partial charge on any atom is -0.473 e. The predicted octanol–water partition coefficient (Wildman–Crippen LogP) is 3.81. The van der Waals surface area contributed by atoms with Gasteiger partial charge in [-0.05, 0) is 38.0 Å². The van der Waals surface area contributed by atoms with Crippen molar-refractivity contribution in [1.29, 1.82) is 0 Å². The van der Waals surface area contributed by atoms with Crippen LogP contribution in [-0.4, -0.2) is 35.3 Å². The standard InChI is InChI=1S/C22H21F2N3O4/c1-13-18(21(27-31-13)17-4-3-15(23)10-19(17)24)12-30-20-5-2-14(11-25-20)22(28)26-16-6-8-29-9-7-16/h2-5,10-11,16H,6-9,12H2,1H3,(H,26,28). The molecule has 1 N–H and O–H groups in total. The molecule has 31 heavy (non-hydrogen) atoms. The van der Waals surface area contributed by atoms with Gasteiger partial charge in [0.25, 0.3) is 5.91 Å². The molecule has 1 saturated heterocycles. The van der Waals surface area contributed by atoms with Crippen LogP contribution in [0.3, 0.4) is 0 Å². The van der Waals surface area contributed by atoms with E-state index in [4.69, 9.17) is 14.0 Å². The molecule has 9 heteroatoms. The zero-order valence-electron chi connectivity index (χ0n) is 16.9. The Balaban J connectivity index is 1.42. The Labute approximate surface area is 177 Å². The summed E-state index contributed by atoms with van der Waals surface area (Å²) in [5.74, 6) is -0.883.